The van der Waals surface area contributed by atoms with Crippen LogP contribution in [0.15, 0.2) is 24.4 Å². The summed E-state index contributed by atoms with van der Waals surface area (Å²) in [5.74, 6) is -3.10. The summed E-state index contributed by atoms with van der Waals surface area (Å²) >= 11 is 5.85. The van der Waals surface area contributed by atoms with Gasteiger partial charge in [-0.3, -0.25) is 4.79 Å². The van der Waals surface area contributed by atoms with Crippen LogP contribution in [-0.4, -0.2) is 28.1 Å². The zero-order valence-corrected chi connectivity index (χ0v) is 11.1. The van der Waals surface area contributed by atoms with Crippen LogP contribution in [0.1, 0.15) is 5.56 Å². The molecule has 9 heteroatoms. The summed E-state index contributed by atoms with van der Waals surface area (Å²) in [6.07, 6.45) is -3.06. The fraction of sp³-hybridized carbons (Fsp3) is 0.167. The van der Waals surface area contributed by atoms with Crippen LogP contribution in [-0.2, 0) is 16.0 Å². The molecule has 2 aromatic rings. The highest BCUT2D eigenvalue weighted by Gasteiger charge is 2.38. The number of nitrogens with two attached hydrogens (primary N) is 1. The predicted octanol–water partition coefficient (Wildman–Crippen LogP) is 2.48. The Morgan fingerprint density at radius 1 is 1.33 bits per heavy atom. The number of nitrogens with one attached hydrogen (secondary N) is 1. The van der Waals surface area contributed by atoms with Gasteiger partial charge >= 0.3 is 12.1 Å². The van der Waals surface area contributed by atoms with Gasteiger partial charge in [0.15, 0.2) is 0 Å². The average molecular weight is 323 g/mol. The highest BCUT2D eigenvalue weighted by molar-refractivity contribution is 6.31. The van der Waals surface area contributed by atoms with Gasteiger partial charge in [0.05, 0.1) is 6.42 Å². The number of carbonyl (C=O) groups is 2. The van der Waals surface area contributed by atoms with Crippen LogP contribution in [0.2, 0.25) is 5.02 Å². The lowest BCUT2D eigenvalue weighted by Crippen LogP contribution is -2.21. The van der Waals surface area contributed by atoms with Gasteiger partial charge in [0.2, 0.25) is 5.91 Å². The fourth-order valence-electron chi connectivity index (χ4n) is 1.48. The number of carboxylic acid groups (broad SMARTS) is 1. The molecule has 0 atom stereocenters. The van der Waals surface area contributed by atoms with Crippen molar-refractivity contribution in [3.8, 4) is 0 Å². The van der Waals surface area contributed by atoms with E-state index in [0.717, 1.165) is 16.5 Å². The molecule has 1 aromatic heterocycles. The van der Waals surface area contributed by atoms with Gasteiger partial charge in [-0.1, -0.05) is 11.6 Å². The van der Waals surface area contributed by atoms with Crippen LogP contribution in [0.3, 0.4) is 0 Å². The van der Waals surface area contributed by atoms with Crippen molar-refractivity contribution in [3.05, 3.63) is 35.0 Å². The number of carboxylic acids is 1. The van der Waals surface area contributed by atoms with E-state index in [0.29, 0.717) is 5.02 Å². The minimum Gasteiger partial charge on any atom is -0.475 e. The molecule has 0 aliphatic carbocycles. The van der Waals surface area contributed by atoms with Crippen molar-refractivity contribution in [1.29, 1.82) is 0 Å². The van der Waals surface area contributed by atoms with E-state index in [-0.39, 0.29) is 12.3 Å². The molecule has 21 heavy (non-hydrogen) atoms. The minimum absolute atomic E-state index is 0.236. The Kier molecular flexibility index (Phi) is 5.20. The van der Waals surface area contributed by atoms with Crippen LogP contribution in [0.25, 0.3) is 10.9 Å². The second-order valence-corrected chi connectivity index (χ2v) is 4.39. The number of hydrogen-bond donors (Lipinski definition) is 3. The van der Waals surface area contributed by atoms with E-state index in [1.807, 2.05) is 12.1 Å². The molecule has 4 N–H and O–H groups in total. The smallest absolute Gasteiger partial charge is 0.475 e. The lowest BCUT2D eigenvalue weighted by molar-refractivity contribution is -0.192. The summed E-state index contributed by atoms with van der Waals surface area (Å²) < 4.78 is 31.7. The Labute approximate surface area is 121 Å². The van der Waals surface area contributed by atoms with Gasteiger partial charge in [0, 0.05) is 22.1 Å². The van der Waals surface area contributed by atoms with E-state index < -0.39 is 12.1 Å². The molecule has 0 aliphatic rings. The van der Waals surface area contributed by atoms with Crippen LogP contribution < -0.4 is 5.73 Å². The first-order chi connectivity index (χ1) is 9.61. The van der Waals surface area contributed by atoms with E-state index in [9.17, 15) is 18.0 Å². The first-order valence-electron chi connectivity index (χ1n) is 5.45. The molecule has 5 nitrogen and oxygen atoms in total. The number of primary amides is 1. The van der Waals surface area contributed by atoms with Crippen molar-refractivity contribution >= 4 is 34.4 Å². The van der Waals surface area contributed by atoms with Crippen LogP contribution >= 0.6 is 11.6 Å². The van der Waals surface area contributed by atoms with Gasteiger partial charge < -0.3 is 15.8 Å². The largest absolute Gasteiger partial charge is 0.490 e. The van der Waals surface area contributed by atoms with Gasteiger partial charge in [0.25, 0.3) is 0 Å². The van der Waals surface area contributed by atoms with Crippen molar-refractivity contribution in [2.75, 3.05) is 0 Å². The molecule has 114 valence electrons. The van der Waals surface area contributed by atoms with Crippen molar-refractivity contribution in [3.63, 3.8) is 0 Å². The average Bonchev–Trinajstić information content (AvgIpc) is 2.71. The number of aromatic nitrogens is 1. The number of H-pyrrole nitrogens is 1. The maximum atomic E-state index is 10.8. The quantitative estimate of drug-likeness (QED) is 0.792. The Hall–Kier alpha value is -2.22. The molecule has 0 saturated carbocycles. The highest BCUT2D eigenvalue weighted by atomic mass is 35.5. The molecule has 0 aliphatic heterocycles. The minimum atomic E-state index is -5.08. The van der Waals surface area contributed by atoms with Crippen molar-refractivity contribution in [2.45, 2.75) is 12.6 Å². The summed E-state index contributed by atoms with van der Waals surface area (Å²) in [4.78, 5) is 22.7. The zero-order valence-electron chi connectivity index (χ0n) is 10.4. The Balaban J connectivity index is 0.000000270. The number of aliphatic carboxylic acids is 1. The first kappa shape index (κ1) is 16.8. The van der Waals surface area contributed by atoms with Gasteiger partial charge in [-0.15, -0.1) is 0 Å². The number of fused-ring (bicyclic) bond motifs is 1. The Morgan fingerprint density at radius 3 is 2.38 bits per heavy atom. The van der Waals surface area contributed by atoms with Crippen molar-refractivity contribution in [2.24, 2.45) is 5.73 Å². The summed E-state index contributed by atoms with van der Waals surface area (Å²) in [5.41, 5.74) is 6.97. The number of carbonyl (C=O) groups excluding carboxylic acids is 1. The third-order valence-corrected chi connectivity index (χ3v) is 2.57. The van der Waals surface area contributed by atoms with Crippen molar-refractivity contribution < 1.29 is 27.9 Å². The third-order valence-electron chi connectivity index (χ3n) is 2.34. The van der Waals surface area contributed by atoms with Gasteiger partial charge in [0.1, 0.15) is 0 Å². The fourth-order valence-corrected chi connectivity index (χ4v) is 1.66. The Morgan fingerprint density at radius 2 is 1.90 bits per heavy atom. The van der Waals surface area contributed by atoms with E-state index in [1.54, 1.807) is 12.3 Å². The topological polar surface area (TPSA) is 96.2 Å². The number of halogens is 4. The molecule has 1 aromatic carbocycles. The summed E-state index contributed by atoms with van der Waals surface area (Å²) in [7, 11) is 0. The molecule has 0 radical (unpaired) electrons. The standard InChI is InChI=1S/C10H9ClN2O.C2HF3O2/c11-7-1-2-9-8(4-7)6(5-13-9)3-10(12)14;3-2(4,5)1(6)7/h1-2,4-5,13H,3H2,(H2,12,14);(H,6,7). The molecule has 1 amide bonds. The number of amides is 1. The van der Waals surface area contributed by atoms with E-state index in [2.05, 4.69) is 4.98 Å². The second kappa shape index (κ2) is 6.49. The first-order valence-corrected chi connectivity index (χ1v) is 5.83. The maximum absolute atomic E-state index is 10.8. The van der Waals surface area contributed by atoms with Crippen LogP contribution in [0, 0.1) is 0 Å². The van der Waals surface area contributed by atoms with E-state index in [1.165, 1.54) is 0 Å². The van der Waals surface area contributed by atoms with E-state index >= 15 is 0 Å². The number of hydrogen-bond acceptors (Lipinski definition) is 2. The molecule has 0 saturated heterocycles. The van der Waals surface area contributed by atoms with Gasteiger partial charge in [-0.05, 0) is 23.8 Å². The van der Waals surface area contributed by atoms with Crippen molar-refractivity contribution in [1.82, 2.24) is 4.98 Å². The lowest BCUT2D eigenvalue weighted by Gasteiger charge is -1.95. The molecule has 1 heterocycles. The molecule has 0 bridgehead atoms. The molecule has 0 fully saturated rings. The SMILES string of the molecule is NC(=O)Cc1c[nH]c2ccc(Cl)cc12.O=C(O)C(F)(F)F. The second-order valence-electron chi connectivity index (χ2n) is 3.95. The summed E-state index contributed by atoms with van der Waals surface area (Å²) in [6.45, 7) is 0. The summed E-state index contributed by atoms with van der Waals surface area (Å²) in [6, 6.07) is 5.50. The molecule has 0 spiro atoms. The lowest BCUT2D eigenvalue weighted by atomic mass is 10.1. The predicted molar refractivity (Wildman–Crippen MR) is 69.9 cm³/mol. The number of aromatic amines is 1. The van der Waals surface area contributed by atoms with Gasteiger partial charge in [-0.25, -0.2) is 4.79 Å². The van der Waals surface area contributed by atoms with E-state index in [4.69, 9.17) is 27.2 Å². The van der Waals surface area contributed by atoms with Crippen LogP contribution in [0.5, 0.6) is 0 Å². The molecular formula is C12H10ClF3N2O3. The highest BCUT2D eigenvalue weighted by Crippen LogP contribution is 2.22. The summed E-state index contributed by atoms with van der Waals surface area (Å²) in [5, 5.41) is 8.74. The number of rotatable bonds is 2. The maximum Gasteiger partial charge on any atom is 0.490 e. The number of alkyl halides is 3. The zero-order chi connectivity index (χ0) is 16.2. The molecule has 0 unspecified atom stereocenters. The number of benzene rings is 1. The van der Waals surface area contributed by atoms with Crippen LogP contribution in [0.4, 0.5) is 13.2 Å². The monoisotopic (exact) mass is 322 g/mol. The van der Waals surface area contributed by atoms with Gasteiger partial charge in [-0.2, -0.15) is 13.2 Å². The third kappa shape index (κ3) is 4.99. The molecule has 2 rings (SSSR count). The Bertz CT molecular complexity index is 667. The normalized spacial score (nSPS) is 10.9. The molecular weight excluding hydrogens is 313 g/mol.